The second kappa shape index (κ2) is 5.80. The molecular formula is C11H13BrF3NO2S. The molecule has 0 aromatic heterocycles. The molecule has 1 rings (SSSR count). The Labute approximate surface area is 118 Å². The fourth-order valence-electron chi connectivity index (χ4n) is 1.54. The third-order valence-electron chi connectivity index (χ3n) is 2.27. The Morgan fingerprint density at radius 3 is 2.42 bits per heavy atom. The van der Waals surface area contributed by atoms with Crippen LogP contribution < -0.4 is 4.72 Å². The molecule has 3 nitrogen and oxygen atoms in total. The summed E-state index contributed by atoms with van der Waals surface area (Å²) >= 11 is 3.09. The lowest BCUT2D eigenvalue weighted by molar-refractivity contribution is -0.137. The average Bonchev–Trinajstić information content (AvgIpc) is 2.11. The number of sulfonamides is 1. The molecule has 0 radical (unpaired) electrons. The summed E-state index contributed by atoms with van der Waals surface area (Å²) in [7, 11) is -3.98. The lowest BCUT2D eigenvalue weighted by atomic mass is 10.2. The molecule has 0 fully saturated rings. The molecule has 0 amide bonds. The van der Waals surface area contributed by atoms with Gasteiger partial charge in [0.2, 0.25) is 10.0 Å². The highest BCUT2D eigenvalue weighted by Crippen LogP contribution is 2.25. The Morgan fingerprint density at radius 1 is 1.37 bits per heavy atom. The average molecular weight is 360 g/mol. The van der Waals surface area contributed by atoms with Crippen molar-refractivity contribution in [3.63, 3.8) is 0 Å². The van der Waals surface area contributed by atoms with Crippen LogP contribution in [0, 0.1) is 6.92 Å². The Bertz CT molecular complexity index is 558. The SMILES string of the molecule is Cc1ccc(S(=O)(=O)NC(C)CC(F)(F)F)c(Br)c1. The molecule has 1 N–H and O–H groups in total. The van der Waals surface area contributed by atoms with Crippen molar-refractivity contribution in [1.29, 1.82) is 0 Å². The maximum Gasteiger partial charge on any atom is 0.390 e. The third kappa shape index (κ3) is 5.12. The molecule has 1 aromatic rings. The summed E-state index contributed by atoms with van der Waals surface area (Å²) in [4.78, 5) is -0.0767. The maximum atomic E-state index is 12.2. The minimum absolute atomic E-state index is 0.0767. The number of alkyl halides is 3. The largest absolute Gasteiger partial charge is 0.390 e. The van der Waals surface area contributed by atoms with Gasteiger partial charge in [0.05, 0.1) is 11.3 Å². The Balaban J connectivity index is 2.93. The number of halogens is 4. The number of benzene rings is 1. The van der Waals surface area contributed by atoms with Gasteiger partial charge in [0, 0.05) is 10.5 Å². The second-order valence-electron chi connectivity index (χ2n) is 4.28. The van der Waals surface area contributed by atoms with Crippen LogP contribution in [0.2, 0.25) is 0 Å². The maximum absolute atomic E-state index is 12.2. The molecule has 0 aliphatic rings. The molecule has 0 aliphatic carbocycles. The summed E-state index contributed by atoms with van der Waals surface area (Å²) in [6.45, 7) is 2.95. The lowest BCUT2D eigenvalue weighted by Gasteiger charge is -2.16. The first-order valence-electron chi connectivity index (χ1n) is 5.36. The number of aryl methyl sites for hydroxylation is 1. The van der Waals surface area contributed by atoms with Crippen LogP contribution in [-0.2, 0) is 10.0 Å². The van der Waals surface area contributed by atoms with Gasteiger partial charge in [0.15, 0.2) is 0 Å². The molecule has 0 saturated heterocycles. The van der Waals surface area contributed by atoms with Gasteiger partial charge in [0.1, 0.15) is 0 Å². The van der Waals surface area contributed by atoms with E-state index in [1.807, 2.05) is 4.72 Å². The van der Waals surface area contributed by atoms with Crippen LogP contribution in [0.3, 0.4) is 0 Å². The lowest BCUT2D eigenvalue weighted by Crippen LogP contribution is -2.36. The zero-order valence-electron chi connectivity index (χ0n) is 10.3. The predicted octanol–water partition coefficient (Wildman–Crippen LogP) is 3.38. The number of hydrogen-bond acceptors (Lipinski definition) is 2. The third-order valence-corrected chi connectivity index (χ3v) is 4.84. The van der Waals surface area contributed by atoms with E-state index in [4.69, 9.17) is 0 Å². The first-order valence-corrected chi connectivity index (χ1v) is 7.64. The molecule has 0 saturated carbocycles. The Morgan fingerprint density at radius 2 is 1.95 bits per heavy atom. The van der Waals surface area contributed by atoms with E-state index < -0.39 is 28.7 Å². The van der Waals surface area contributed by atoms with E-state index in [2.05, 4.69) is 15.9 Å². The zero-order valence-corrected chi connectivity index (χ0v) is 12.7. The molecule has 108 valence electrons. The predicted molar refractivity (Wildman–Crippen MR) is 69.3 cm³/mol. The zero-order chi connectivity index (χ0) is 14.8. The van der Waals surface area contributed by atoms with Crippen LogP contribution in [0.5, 0.6) is 0 Å². The van der Waals surface area contributed by atoms with Gasteiger partial charge in [-0.3, -0.25) is 0 Å². The Kier molecular flexibility index (Phi) is 5.02. The fourth-order valence-corrected chi connectivity index (χ4v) is 3.98. The van der Waals surface area contributed by atoms with Crippen LogP contribution in [0.1, 0.15) is 18.9 Å². The minimum atomic E-state index is -4.41. The quantitative estimate of drug-likeness (QED) is 0.895. The molecule has 0 spiro atoms. The molecule has 1 atom stereocenters. The van der Waals surface area contributed by atoms with Crippen LogP contribution >= 0.6 is 15.9 Å². The standard InChI is InChI=1S/C11H13BrF3NO2S/c1-7-3-4-10(9(12)5-7)19(17,18)16-8(2)6-11(13,14)15/h3-5,8,16H,6H2,1-2H3. The van der Waals surface area contributed by atoms with E-state index >= 15 is 0 Å². The van der Waals surface area contributed by atoms with E-state index in [0.717, 1.165) is 5.56 Å². The fraction of sp³-hybridized carbons (Fsp3) is 0.455. The smallest absolute Gasteiger partial charge is 0.208 e. The highest BCUT2D eigenvalue weighted by molar-refractivity contribution is 9.10. The molecule has 0 bridgehead atoms. The van der Waals surface area contributed by atoms with Crippen molar-refractivity contribution >= 4 is 26.0 Å². The van der Waals surface area contributed by atoms with Gasteiger partial charge in [0.25, 0.3) is 0 Å². The van der Waals surface area contributed by atoms with Gasteiger partial charge in [-0.25, -0.2) is 13.1 Å². The monoisotopic (exact) mass is 359 g/mol. The van der Waals surface area contributed by atoms with Crippen molar-refractivity contribution in [2.24, 2.45) is 0 Å². The van der Waals surface area contributed by atoms with Crippen LogP contribution in [0.15, 0.2) is 27.6 Å². The minimum Gasteiger partial charge on any atom is -0.208 e. The van der Waals surface area contributed by atoms with E-state index in [-0.39, 0.29) is 4.90 Å². The van der Waals surface area contributed by atoms with Gasteiger partial charge in [-0.15, -0.1) is 0 Å². The molecule has 1 aromatic carbocycles. The van der Waals surface area contributed by atoms with E-state index in [1.165, 1.54) is 13.0 Å². The summed E-state index contributed by atoms with van der Waals surface area (Å²) in [5.41, 5.74) is 0.842. The van der Waals surface area contributed by atoms with Gasteiger partial charge >= 0.3 is 6.18 Å². The number of hydrogen-bond donors (Lipinski definition) is 1. The summed E-state index contributed by atoms with van der Waals surface area (Å²) in [6, 6.07) is 3.29. The molecule has 0 heterocycles. The normalized spacial score (nSPS) is 14.4. The van der Waals surface area contributed by atoms with E-state index in [9.17, 15) is 21.6 Å². The van der Waals surface area contributed by atoms with Crippen molar-refractivity contribution in [2.75, 3.05) is 0 Å². The van der Waals surface area contributed by atoms with Gasteiger partial charge in [-0.1, -0.05) is 6.07 Å². The van der Waals surface area contributed by atoms with Crippen LogP contribution in [0.25, 0.3) is 0 Å². The summed E-state index contributed by atoms with van der Waals surface area (Å²) in [5, 5.41) is 0. The van der Waals surface area contributed by atoms with Crippen molar-refractivity contribution in [2.45, 2.75) is 37.4 Å². The van der Waals surface area contributed by atoms with E-state index in [0.29, 0.717) is 4.47 Å². The highest BCUT2D eigenvalue weighted by Gasteiger charge is 2.32. The highest BCUT2D eigenvalue weighted by atomic mass is 79.9. The molecule has 19 heavy (non-hydrogen) atoms. The molecule has 0 aliphatic heterocycles. The molecule has 1 unspecified atom stereocenters. The van der Waals surface area contributed by atoms with Gasteiger partial charge in [-0.05, 0) is 47.5 Å². The summed E-state index contributed by atoms with van der Waals surface area (Å²) in [5.74, 6) is 0. The van der Waals surface area contributed by atoms with Crippen LogP contribution in [0.4, 0.5) is 13.2 Å². The summed E-state index contributed by atoms with van der Waals surface area (Å²) in [6.07, 6.45) is -5.62. The van der Waals surface area contributed by atoms with Gasteiger partial charge < -0.3 is 0 Å². The van der Waals surface area contributed by atoms with E-state index in [1.54, 1.807) is 19.1 Å². The number of rotatable bonds is 4. The summed E-state index contributed by atoms with van der Waals surface area (Å²) < 4.78 is 62.7. The van der Waals surface area contributed by atoms with Crippen molar-refractivity contribution in [3.8, 4) is 0 Å². The van der Waals surface area contributed by atoms with Crippen molar-refractivity contribution < 1.29 is 21.6 Å². The van der Waals surface area contributed by atoms with Crippen molar-refractivity contribution in [1.82, 2.24) is 4.72 Å². The van der Waals surface area contributed by atoms with Crippen LogP contribution in [-0.4, -0.2) is 20.6 Å². The van der Waals surface area contributed by atoms with Gasteiger partial charge in [-0.2, -0.15) is 13.2 Å². The number of nitrogens with one attached hydrogen (secondary N) is 1. The van der Waals surface area contributed by atoms with Crippen molar-refractivity contribution in [3.05, 3.63) is 28.2 Å². The topological polar surface area (TPSA) is 46.2 Å². The molecular weight excluding hydrogens is 347 g/mol. The first-order chi connectivity index (χ1) is 8.51. The second-order valence-corrected chi connectivity index (χ2v) is 6.81. The first kappa shape index (κ1) is 16.5. The molecule has 8 heteroatoms. The Hall–Kier alpha value is -0.600.